The molecule has 0 spiro atoms. The second-order valence-electron chi connectivity index (χ2n) is 9.57. The number of fused-ring (bicyclic) bond motifs is 5. The second-order valence-corrected chi connectivity index (χ2v) is 10.8. The predicted octanol–water partition coefficient (Wildman–Crippen LogP) is 2.82. The minimum atomic E-state index is -1.84. The molecule has 2 aromatic carbocycles. The summed E-state index contributed by atoms with van der Waals surface area (Å²) in [5.41, 5.74) is 1.36. The average molecular weight is 499 g/mol. The number of imide groups is 2. The summed E-state index contributed by atoms with van der Waals surface area (Å²) in [5, 5.41) is 14.1. The van der Waals surface area contributed by atoms with E-state index in [1.165, 1.54) is 13.1 Å². The first kappa shape index (κ1) is 21.6. The topological polar surface area (TPSA) is 104 Å². The van der Waals surface area contributed by atoms with Gasteiger partial charge in [-0.1, -0.05) is 42.0 Å². The summed E-state index contributed by atoms with van der Waals surface area (Å²) in [5.74, 6) is -4.52. The number of amides is 4. The molecule has 4 aliphatic rings. The molecule has 1 saturated carbocycles. The molecule has 6 atom stereocenters. The zero-order valence-electron chi connectivity index (χ0n) is 18.0. The molecule has 7 nitrogen and oxygen atoms in total. The van der Waals surface area contributed by atoms with E-state index in [-0.39, 0.29) is 18.1 Å². The largest absolute Gasteiger partial charge is 0.507 e. The number of nitrogens with one attached hydrogen (secondary N) is 1. The molecule has 4 amide bonds. The van der Waals surface area contributed by atoms with Gasteiger partial charge in [0, 0.05) is 18.4 Å². The number of rotatable bonds is 1. The van der Waals surface area contributed by atoms with Crippen molar-refractivity contribution in [3.63, 3.8) is 0 Å². The van der Waals surface area contributed by atoms with E-state index in [0.717, 1.165) is 10.5 Å². The number of carbonyl (C=O) groups is 4. The molecule has 6 unspecified atom stereocenters. The summed E-state index contributed by atoms with van der Waals surface area (Å²) in [4.78, 5) is 49.5. The highest BCUT2D eigenvalue weighted by Gasteiger charge is 2.75. The number of aromatic hydroxyl groups is 1. The average Bonchev–Trinajstić information content (AvgIpc) is 3.18. The standard InChI is InChI=1S/C25H20Cl2N2O5/c1-29-22(33)24(26)10-16-14(6-7-15-18(16)21(32)28-20(15)31)19(25(24,27)23(29)34)13-8-9-17(30)12-5-3-2-4-11(12)13/h2-6,8-9,15-16,18-19,30H,7,10H2,1H3,(H,28,31,32). The first-order valence-electron chi connectivity index (χ1n) is 11.1. The van der Waals surface area contributed by atoms with Crippen molar-refractivity contribution in [3.8, 4) is 5.75 Å². The highest BCUT2D eigenvalue weighted by Crippen LogP contribution is 2.65. The van der Waals surface area contributed by atoms with Gasteiger partial charge in [-0.15, -0.1) is 23.2 Å². The van der Waals surface area contributed by atoms with E-state index in [9.17, 15) is 24.3 Å². The Morgan fingerprint density at radius 1 is 0.971 bits per heavy atom. The van der Waals surface area contributed by atoms with E-state index >= 15 is 0 Å². The molecule has 2 saturated heterocycles. The van der Waals surface area contributed by atoms with Crippen LogP contribution in [0.15, 0.2) is 48.0 Å². The van der Waals surface area contributed by atoms with Gasteiger partial charge in [-0.2, -0.15) is 0 Å². The van der Waals surface area contributed by atoms with Gasteiger partial charge in [-0.25, -0.2) is 0 Å². The maximum atomic E-state index is 13.6. The zero-order valence-corrected chi connectivity index (χ0v) is 19.6. The third-order valence-corrected chi connectivity index (χ3v) is 9.52. The smallest absolute Gasteiger partial charge is 0.253 e. The number of nitrogens with zero attached hydrogens (tertiary/aromatic N) is 1. The summed E-state index contributed by atoms with van der Waals surface area (Å²) in [6.45, 7) is 0. The van der Waals surface area contributed by atoms with Crippen molar-refractivity contribution >= 4 is 57.6 Å². The highest BCUT2D eigenvalue weighted by atomic mass is 35.5. The van der Waals surface area contributed by atoms with Gasteiger partial charge < -0.3 is 5.11 Å². The molecule has 2 heterocycles. The second kappa shape index (κ2) is 6.83. The lowest BCUT2D eigenvalue weighted by Gasteiger charge is -2.51. The molecule has 174 valence electrons. The van der Waals surface area contributed by atoms with E-state index in [2.05, 4.69) is 5.32 Å². The molecule has 2 aromatic rings. The molecule has 0 bridgehead atoms. The summed E-state index contributed by atoms with van der Waals surface area (Å²) < 4.78 is 0. The maximum absolute atomic E-state index is 13.6. The van der Waals surface area contributed by atoms with Crippen LogP contribution in [0.1, 0.15) is 24.3 Å². The van der Waals surface area contributed by atoms with Crippen molar-refractivity contribution in [2.24, 2.45) is 17.8 Å². The predicted molar refractivity (Wildman–Crippen MR) is 124 cm³/mol. The molecular weight excluding hydrogens is 479 g/mol. The monoisotopic (exact) mass is 498 g/mol. The molecule has 34 heavy (non-hydrogen) atoms. The molecule has 0 radical (unpaired) electrons. The molecule has 2 aliphatic heterocycles. The van der Waals surface area contributed by atoms with Gasteiger partial charge >= 0.3 is 0 Å². The van der Waals surface area contributed by atoms with Gasteiger partial charge in [0.2, 0.25) is 11.8 Å². The van der Waals surface area contributed by atoms with Gasteiger partial charge in [0.15, 0.2) is 9.75 Å². The molecule has 2 aliphatic carbocycles. The molecule has 3 fully saturated rings. The summed E-state index contributed by atoms with van der Waals surface area (Å²) in [6.07, 6.45) is 2.17. The maximum Gasteiger partial charge on any atom is 0.253 e. The van der Waals surface area contributed by atoms with Crippen LogP contribution < -0.4 is 5.32 Å². The van der Waals surface area contributed by atoms with Crippen LogP contribution in [0.3, 0.4) is 0 Å². The van der Waals surface area contributed by atoms with Crippen LogP contribution in [0.4, 0.5) is 0 Å². The minimum absolute atomic E-state index is 0.0345. The Morgan fingerprint density at radius 3 is 2.41 bits per heavy atom. The third kappa shape index (κ3) is 2.39. The van der Waals surface area contributed by atoms with Crippen LogP contribution in [0.2, 0.25) is 0 Å². The number of carbonyl (C=O) groups excluding carboxylic acids is 4. The van der Waals surface area contributed by atoms with Crippen molar-refractivity contribution < 1.29 is 24.3 Å². The fraction of sp³-hybridized carbons (Fsp3) is 0.360. The molecule has 2 N–H and O–H groups in total. The van der Waals surface area contributed by atoms with Crippen LogP contribution in [-0.2, 0) is 19.2 Å². The Labute approximate surface area is 204 Å². The summed E-state index contributed by atoms with van der Waals surface area (Å²) in [6, 6.07) is 10.4. The fourth-order valence-electron chi connectivity index (χ4n) is 6.56. The number of hydrogen-bond acceptors (Lipinski definition) is 5. The number of hydrogen-bond donors (Lipinski definition) is 2. The summed E-state index contributed by atoms with van der Waals surface area (Å²) >= 11 is 14.2. The van der Waals surface area contributed by atoms with Gasteiger partial charge in [-0.3, -0.25) is 29.4 Å². The summed E-state index contributed by atoms with van der Waals surface area (Å²) in [7, 11) is 1.36. The number of allylic oxidation sites excluding steroid dienone is 2. The van der Waals surface area contributed by atoms with Crippen molar-refractivity contribution in [2.45, 2.75) is 28.5 Å². The zero-order chi connectivity index (χ0) is 24.2. The van der Waals surface area contributed by atoms with E-state index in [4.69, 9.17) is 23.2 Å². The quantitative estimate of drug-likeness (QED) is 0.357. The van der Waals surface area contributed by atoms with E-state index in [1.807, 2.05) is 18.2 Å². The van der Waals surface area contributed by atoms with E-state index in [1.54, 1.807) is 18.2 Å². The Bertz CT molecular complexity index is 1370. The van der Waals surface area contributed by atoms with Crippen molar-refractivity contribution in [2.75, 3.05) is 7.05 Å². The first-order valence-corrected chi connectivity index (χ1v) is 11.8. The van der Waals surface area contributed by atoms with Crippen LogP contribution in [-0.4, -0.2) is 50.4 Å². The molecule has 0 aromatic heterocycles. The SMILES string of the molecule is CN1C(=O)C2(Cl)CC3C(=CCC4C(=O)NC(=O)C43)C(c3ccc(O)c4ccccc34)C2(Cl)C1=O. The van der Waals surface area contributed by atoms with Crippen molar-refractivity contribution in [1.29, 1.82) is 0 Å². The first-order chi connectivity index (χ1) is 16.1. The Hall–Kier alpha value is -2.90. The fourth-order valence-corrected chi connectivity index (χ4v) is 7.57. The molecular formula is C25H20Cl2N2O5. The lowest BCUT2D eigenvalue weighted by molar-refractivity contribution is -0.138. The van der Waals surface area contributed by atoms with E-state index < -0.39 is 51.1 Å². The number of likely N-dealkylation sites (tertiary alicyclic amines) is 1. The minimum Gasteiger partial charge on any atom is -0.507 e. The van der Waals surface area contributed by atoms with Gasteiger partial charge in [-0.05, 0) is 35.8 Å². The van der Waals surface area contributed by atoms with Crippen molar-refractivity contribution in [1.82, 2.24) is 10.2 Å². The normalized spacial score (nSPS) is 36.8. The lowest BCUT2D eigenvalue weighted by atomic mass is 9.56. The van der Waals surface area contributed by atoms with Crippen LogP contribution >= 0.6 is 23.2 Å². The van der Waals surface area contributed by atoms with Crippen LogP contribution in [0.25, 0.3) is 10.8 Å². The van der Waals surface area contributed by atoms with Gasteiger partial charge in [0.1, 0.15) is 5.75 Å². The third-order valence-electron chi connectivity index (χ3n) is 8.10. The van der Waals surface area contributed by atoms with Gasteiger partial charge in [0.05, 0.1) is 11.8 Å². The number of phenols is 1. The molecule has 6 rings (SSSR count). The van der Waals surface area contributed by atoms with Gasteiger partial charge in [0.25, 0.3) is 11.8 Å². The Morgan fingerprint density at radius 2 is 1.68 bits per heavy atom. The lowest BCUT2D eigenvalue weighted by Crippen LogP contribution is -2.60. The highest BCUT2D eigenvalue weighted by molar-refractivity contribution is 6.53. The number of halogens is 2. The number of alkyl halides is 2. The van der Waals surface area contributed by atoms with E-state index in [0.29, 0.717) is 22.8 Å². The molecule has 9 heteroatoms. The number of benzene rings is 2. The Balaban J connectivity index is 1.66. The van der Waals surface area contributed by atoms with Crippen LogP contribution in [0.5, 0.6) is 5.75 Å². The van der Waals surface area contributed by atoms with Crippen LogP contribution in [0, 0.1) is 17.8 Å². The van der Waals surface area contributed by atoms with Crippen molar-refractivity contribution in [3.05, 3.63) is 53.6 Å². The Kier molecular flexibility index (Phi) is 4.34. The number of phenolic OH excluding ortho intramolecular Hbond substituents is 1.